The number of hydrogen-bond donors (Lipinski definition) is 1. The van der Waals surface area contributed by atoms with E-state index in [-0.39, 0.29) is 18.0 Å². The smallest absolute Gasteiger partial charge is 0.335 e. The number of carbonyl (C=O) groups is 2. The summed E-state index contributed by atoms with van der Waals surface area (Å²) in [4.78, 5) is 24.6. The molecule has 1 saturated heterocycles. The number of benzene rings is 1. The van der Waals surface area contributed by atoms with Crippen LogP contribution in [0.3, 0.4) is 0 Å². The number of carboxylic acids is 1. The van der Waals surface area contributed by atoms with Gasteiger partial charge in [-0.2, -0.15) is 8.78 Å². The molecule has 1 aliphatic heterocycles. The van der Waals surface area contributed by atoms with Gasteiger partial charge in [-0.05, 0) is 30.5 Å². The van der Waals surface area contributed by atoms with E-state index in [1.165, 1.54) is 11.0 Å². The number of piperidine rings is 1. The van der Waals surface area contributed by atoms with Gasteiger partial charge in [0, 0.05) is 19.0 Å². The van der Waals surface area contributed by atoms with Gasteiger partial charge in [0.2, 0.25) is 5.91 Å². The highest BCUT2D eigenvalue weighted by Crippen LogP contribution is 2.28. The molecule has 26 heavy (non-hydrogen) atoms. The molecule has 0 aromatic heterocycles. The van der Waals surface area contributed by atoms with Crippen molar-refractivity contribution in [3.05, 3.63) is 35.4 Å². The Kier molecular flexibility index (Phi) is 6.57. The molecule has 1 fully saturated rings. The number of ether oxygens (including phenoxy) is 1. The maximum absolute atomic E-state index is 12.8. The second kappa shape index (κ2) is 8.48. The lowest BCUT2D eigenvalue weighted by molar-refractivity contribution is -0.171. The fourth-order valence-electron chi connectivity index (χ4n) is 2.83. The van der Waals surface area contributed by atoms with Gasteiger partial charge in [0.1, 0.15) is 13.2 Å². The van der Waals surface area contributed by atoms with Crippen molar-refractivity contribution in [2.75, 3.05) is 26.3 Å². The van der Waals surface area contributed by atoms with Crippen molar-refractivity contribution in [1.82, 2.24) is 4.90 Å². The van der Waals surface area contributed by atoms with E-state index >= 15 is 0 Å². The molecule has 5 nitrogen and oxygen atoms in total. The Balaban J connectivity index is 1.92. The van der Waals surface area contributed by atoms with E-state index in [0.717, 1.165) is 12.0 Å². The Labute approximate surface area is 147 Å². The maximum Gasteiger partial charge on any atom is 0.335 e. The summed E-state index contributed by atoms with van der Waals surface area (Å²) in [5.41, 5.74) is 0.913. The molecular weight excluding hydrogens is 358 g/mol. The molecule has 1 aromatic rings. The molecule has 1 N–H and O–H groups in total. The number of carboxylic acid groups (broad SMARTS) is 1. The SMILES string of the molecule is O=C(O)c1cccc(C2CCCN(C(=O)COCC(F)(F)C(F)F)C2)c1. The van der Waals surface area contributed by atoms with E-state index in [9.17, 15) is 27.2 Å². The van der Waals surface area contributed by atoms with Crippen LogP contribution >= 0.6 is 0 Å². The van der Waals surface area contributed by atoms with Gasteiger partial charge in [-0.1, -0.05) is 12.1 Å². The van der Waals surface area contributed by atoms with Crippen LogP contribution in [0.5, 0.6) is 0 Å². The zero-order chi connectivity index (χ0) is 19.3. The van der Waals surface area contributed by atoms with Gasteiger partial charge in [-0.3, -0.25) is 4.79 Å². The summed E-state index contributed by atoms with van der Waals surface area (Å²) in [6.07, 6.45) is -2.45. The molecule has 0 spiro atoms. The summed E-state index contributed by atoms with van der Waals surface area (Å²) in [7, 11) is 0. The summed E-state index contributed by atoms with van der Waals surface area (Å²) in [6, 6.07) is 6.40. The predicted molar refractivity (Wildman–Crippen MR) is 83.7 cm³/mol. The van der Waals surface area contributed by atoms with Gasteiger partial charge in [0.05, 0.1) is 5.56 Å². The van der Waals surface area contributed by atoms with E-state index in [1.54, 1.807) is 18.2 Å². The minimum Gasteiger partial charge on any atom is -0.478 e. The minimum atomic E-state index is -4.29. The first kappa shape index (κ1) is 20.2. The summed E-state index contributed by atoms with van der Waals surface area (Å²) in [5.74, 6) is -5.99. The standard InChI is InChI=1S/C17H19F4NO4/c18-16(19)17(20,21)10-26-9-14(23)22-6-2-5-13(8-22)11-3-1-4-12(7-11)15(24)25/h1,3-4,7,13,16H,2,5-6,8-10H2,(H,24,25). The molecule has 0 aliphatic carbocycles. The highest BCUT2D eigenvalue weighted by atomic mass is 19.3. The highest BCUT2D eigenvalue weighted by Gasteiger charge is 2.41. The zero-order valence-electron chi connectivity index (χ0n) is 13.8. The Morgan fingerprint density at radius 3 is 2.73 bits per heavy atom. The molecule has 1 atom stereocenters. The molecule has 1 unspecified atom stereocenters. The number of halogens is 4. The van der Waals surface area contributed by atoms with Crippen molar-refractivity contribution < 1.29 is 37.0 Å². The molecule has 0 bridgehead atoms. The van der Waals surface area contributed by atoms with Gasteiger partial charge in [-0.25, -0.2) is 13.6 Å². The van der Waals surface area contributed by atoms with Gasteiger partial charge in [0.25, 0.3) is 0 Å². The van der Waals surface area contributed by atoms with Crippen LogP contribution in [0.25, 0.3) is 0 Å². The Bertz CT molecular complexity index is 653. The molecule has 1 aromatic carbocycles. The predicted octanol–water partition coefficient (Wildman–Crippen LogP) is 3.01. The first-order valence-corrected chi connectivity index (χ1v) is 8.05. The lowest BCUT2D eigenvalue weighted by atomic mass is 9.89. The Morgan fingerprint density at radius 1 is 1.35 bits per heavy atom. The number of amides is 1. The molecule has 1 heterocycles. The normalized spacial score (nSPS) is 18.2. The van der Waals surface area contributed by atoms with E-state index in [4.69, 9.17) is 5.11 Å². The summed E-state index contributed by atoms with van der Waals surface area (Å²) in [6.45, 7) is -1.53. The molecule has 2 rings (SSSR count). The first-order chi connectivity index (χ1) is 12.2. The second-order valence-corrected chi connectivity index (χ2v) is 6.16. The van der Waals surface area contributed by atoms with Crippen LogP contribution in [-0.4, -0.2) is 60.5 Å². The summed E-state index contributed by atoms with van der Waals surface area (Å²) < 4.78 is 54.1. The van der Waals surface area contributed by atoms with Crippen molar-refractivity contribution in [2.45, 2.75) is 31.1 Å². The van der Waals surface area contributed by atoms with Crippen molar-refractivity contribution in [2.24, 2.45) is 0 Å². The monoisotopic (exact) mass is 377 g/mol. The molecular formula is C17H19F4NO4. The van der Waals surface area contributed by atoms with Crippen molar-refractivity contribution in [1.29, 1.82) is 0 Å². The first-order valence-electron chi connectivity index (χ1n) is 8.05. The number of aromatic carboxylic acids is 1. The molecule has 0 radical (unpaired) electrons. The average molecular weight is 377 g/mol. The van der Waals surface area contributed by atoms with Crippen LogP contribution in [0.1, 0.15) is 34.7 Å². The third kappa shape index (κ3) is 5.17. The van der Waals surface area contributed by atoms with Gasteiger partial charge >= 0.3 is 18.3 Å². The summed E-state index contributed by atoms with van der Waals surface area (Å²) in [5, 5.41) is 9.05. The van der Waals surface area contributed by atoms with Gasteiger partial charge in [0.15, 0.2) is 0 Å². The molecule has 0 saturated carbocycles. The second-order valence-electron chi connectivity index (χ2n) is 6.16. The fourth-order valence-corrected chi connectivity index (χ4v) is 2.83. The average Bonchev–Trinajstić information content (AvgIpc) is 2.61. The van der Waals surface area contributed by atoms with E-state index in [1.807, 2.05) is 0 Å². The number of alkyl halides is 4. The van der Waals surface area contributed by atoms with Crippen LogP contribution in [0.15, 0.2) is 24.3 Å². The number of hydrogen-bond acceptors (Lipinski definition) is 3. The fraction of sp³-hybridized carbons (Fsp3) is 0.529. The minimum absolute atomic E-state index is 0.0884. The van der Waals surface area contributed by atoms with Crippen LogP contribution in [0, 0.1) is 0 Å². The van der Waals surface area contributed by atoms with Crippen LogP contribution in [0.2, 0.25) is 0 Å². The van der Waals surface area contributed by atoms with E-state index in [0.29, 0.717) is 13.0 Å². The molecule has 1 aliphatic rings. The lowest BCUT2D eigenvalue weighted by Crippen LogP contribution is -2.42. The Morgan fingerprint density at radius 2 is 2.08 bits per heavy atom. The number of rotatable bonds is 7. The molecule has 144 valence electrons. The van der Waals surface area contributed by atoms with Gasteiger partial charge in [-0.15, -0.1) is 0 Å². The molecule has 9 heteroatoms. The summed E-state index contributed by atoms with van der Waals surface area (Å²) >= 11 is 0. The highest BCUT2D eigenvalue weighted by molar-refractivity contribution is 5.87. The third-order valence-electron chi connectivity index (χ3n) is 4.22. The van der Waals surface area contributed by atoms with Crippen molar-refractivity contribution >= 4 is 11.9 Å². The van der Waals surface area contributed by atoms with E-state index in [2.05, 4.69) is 4.74 Å². The quantitative estimate of drug-likeness (QED) is 0.742. The molecule has 1 amide bonds. The van der Waals surface area contributed by atoms with Crippen LogP contribution < -0.4 is 0 Å². The maximum atomic E-state index is 12.8. The zero-order valence-corrected chi connectivity index (χ0v) is 13.8. The van der Waals surface area contributed by atoms with Crippen LogP contribution in [-0.2, 0) is 9.53 Å². The largest absolute Gasteiger partial charge is 0.478 e. The number of carbonyl (C=O) groups excluding carboxylic acids is 1. The number of likely N-dealkylation sites (tertiary alicyclic amines) is 1. The third-order valence-corrected chi connectivity index (χ3v) is 4.22. The van der Waals surface area contributed by atoms with Crippen molar-refractivity contribution in [3.63, 3.8) is 0 Å². The lowest BCUT2D eigenvalue weighted by Gasteiger charge is -2.33. The Hall–Kier alpha value is -2.16. The topological polar surface area (TPSA) is 66.8 Å². The van der Waals surface area contributed by atoms with Crippen LogP contribution in [0.4, 0.5) is 17.6 Å². The van der Waals surface area contributed by atoms with Gasteiger partial charge < -0.3 is 14.7 Å². The number of nitrogens with zero attached hydrogens (tertiary/aromatic N) is 1. The van der Waals surface area contributed by atoms with E-state index < -0.39 is 37.4 Å². The van der Waals surface area contributed by atoms with Crippen molar-refractivity contribution in [3.8, 4) is 0 Å².